The van der Waals surface area contributed by atoms with Crippen molar-refractivity contribution in [3.05, 3.63) is 12.7 Å². The summed E-state index contributed by atoms with van der Waals surface area (Å²) in [4.78, 5) is 34.4. The average molecular weight is 274 g/mol. The molecule has 0 bridgehead atoms. The molecule has 0 radical (unpaired) electrons. The second-order valence-corrected chi connectivity index (χ2v) is 5.40. The van der Waals surface area contributed by atoms with Crippen molar-refractivity contribution in [2.45, 2.75) is 12.1 Å². The molecule has 1 fully saturated rings. The molecule has 1 amide bonds. The Balaban J connectivity index is 2.60. The van der Waals surface area contributed by atoms with Crippen molar-refractivity contribution in [3.63, 3.8) is 0 Å². The fourth-order valence-corrected chi connectivity index (χ4v) is 2.55. The number of amides is 1. The van der Waals surface area contributed by atoms with Gasteiger partial charge in [-0.25, -0.2) is 4.79 Å². The predicted molar refractivity (Wildman–Crippen MR) is 64.6 cm³/mol. The van der Waals surface area contributed by atoms with E-state index in [2.05, 4.69) is 6.58 Å². The third kappa shape index (κ3) is 3.09. The van der Waals surface area contributed by atoms with E-state index in [-0.39, 0.29) is 18.1 Å². The zero-order chi connectivity index (χ0) is 13.9. The minimum atomic E-state index is -1.34. The lowest BCUT2D eigenvalue weighted by Crippen LogP contribution is -2.66. The van der Waals surface area contributed by atoms with Gasteiger partial charge in [0, 0.05) is 0 Å². The van der Waals surface area contributed by atoms with Gasteiger partial charge in [-0.2, -0.15) is 0 Å². The molecule has 0 aromatic heterocycles. The first-order valence-electron chi connectivity index (χ1n) is 5.16. The van der Waals surface area contributed by atoms with Gasteiger partial charge in [-0.1, -0.05) is 6.58 Å². The highest BCUT2D eigenvalue weighted by molar-refractivity contribution is 7.91. The Bertz CT molecular complexity index is 386. The molecule has 0 aliphatic carbocycles. The minimum absolute atomic E-state index is 0.109. The number of Topliss-reactive ketones (excluding diaryl/α,β-unsaturated/α-hetero) is 2. The minimum Gasteiger partial charge on any atom is -0.616 e. The van der Waals surface area contributed by atoms with Crippen molar-refractivity contribution >= 4 is 28.8 Å². The van der Waals surface area contributed by atoms with Crippen LogP contribution in [0.3, 0.4) is 0 Å². The van der Waals surface area contributed by atoms with Gasteiger partial charge in [0.15, 0.2) is 17.6 Å². The van der Waals surface area contributed by atoms with Crippen LogP contribution in [-0.4, -0.2) is 62.4 Å². The number of ketones is 2. The number of carbonyl (C=O) groups excluding carboxylic acids is 2. The summed E-state index contributed by atoms with van der Waals surface area (Å²) in [5.41, 5.74) is 5.53. The van der Waals surface area contributed by atoms with Crippen LogP contribution in [0, 0.1) is 0 Å². The van der Waals surface area contributed by atoms with Gasteiger partial charge >= 0.3 is 6.09 Å². The normalized spacial score (nSPS) is 22.0. The highest BCUT2D eigenvalue weighted by Gasteiger charge is 2.47. The van der Waals surface area contributed by atoms with Crippen LogP contribution in [0.5, 0.6) is 0 Å². The summed E-state index contributed by atoms with van der Waals surface area (Å²) in [6, 6.07) is -2.44. The topological polar surface area (TPSA) is 124 Å². The second-order valence-electron chi connectivity index (χ2n) is 3.85. The summed E-state index contributed by atoms with van der Waals surface area (Å²) in [6.45, 7) is 3.11. The lowest BCUT2D eigenvalue weighted by atomic mass is 9.94. The Hall–Kier alpha value is -1.38. The van der Waals surface area contributed by atoms with Crippen LogP contribution in [0.15, 0.2) is 12.7 Å². The summed E-state index contributed by atoms with van der Waals surface area (Å²) in [5.74, 6) is -1.09. The smallest absolute Gasteiger partial charge is 0.408 e. The van der Waals surface area contributed by atoms with Crippen LogP contribution in [0.4, 0.5) is 4.79 Å². The first kappa shape index (κ1) is 14.7. The molecule has 1 rings (SSSR count). The molecule has 0 spiro atoms. The van der Waals surface area contributed by atoms with E-state index in [9.17, 15) is 18.9 Å². The zero-order valence-corrected chi connectivity index (χ0v) is 10.4. The Kier molecular flexibility index (Phi) is 4.88. The van der Waals surface area contributed by atoms with Crippen molar-refractivity contribution in [1.82, 2.24) is 4.90 Å². The Labute approximate surface area is 107 Å². The van der Waals surface area contributed by atoms with Gasteiger partial charge in [-0.3, -0.25) is 14.5 Å². The Morgan fingerprint density at radius 1 is 1.72 bits per heavy atom. The molecule has 7 nitrogen and oxygen atoms in total. The molecule has 3 atom stereocenters. The highest BCUT2D eigenvalue weighted by atomic mass is 32.2. The number of nitrogens with zero attached hydrogens (tertiary/aromatic N) is 1. The number of carbonyl (C=O) groups is 3. The lowest BCUT2D eigenvalue weighted by Gasteiger charge is -2.36. The van der Waals surface area contributed by atoms with Gasteiger partial charge in [0.05, 0.1) is 6.54 Å². The first-order chi connectivity index (χ1) is 8.38. The predicted octanol–water partition coefficient (Wildman–Crippen LogP) is -1.25. The fraction of sp³-hybridized carbons (Fsp3) is 0.500. The fourth-order valence-electron chi connectivity index (χ4n) is 1.58. The average Bonchev–Trinajstić information content (AvgIpc) is 2.25. The largest absolute Gasteiger partial charge is 0.616 e. The highest BCUT2D eigenvalue weighted by Crippen LogP contribution is 2.16. The standard InChI is InChI=1S/C10H14N2O5S/c1-2-3-18(17)5-6(11)9(14)8-7(13)4-12(8)10(15)16/h2,6,8H,1,3-5,11H2,(H,15,16)/t6-,8-,18?/m0/s1. The van der Waals surface area contributed by atoms with Gasteiger partial charge in [0.2, 0.25) is 0 Å². The molecule has 1 aliphatic rings. The van der Waals surface area contributed by atoms with Gasteiger partial charge in [-0.05, 0) is 17.3 Å². The molecule has 0 aromatic carbocycles. The van der Waals surface area contributed by atoms with Crippen LogP contribution in [0.1, 0.15) is 0 Å². The van der Waals surface area contributed by atoms with Gasteiger partial charge in [0.25, 0.3) is 0 Å². The van der Waals surface area contributed by atoms with E-state index in [1.165, 1.54) is 6.08 Å². The van der Waals surface area contributed by atoms with E-state index < -0.39 is 40.9 Å². The van der Waals surface area contributed by atoms with E-state index in [0.717, 1.165) is 4.90 Å². The van der Waals surface area contributed by atoms with Gasteiger partial charge < -0.3 is 15.4 Å². The maximum Gasteiger partial charge on any atom is 0.408 e. The summed E-state index contributed by atoms with van der Waals surface area (Å²) >= 11 is -1.34. The molecule has 100 valence electrons. The van der Waals surface area contributed by atoms with Crippen LogP contribution >= 0.6 is 0 Å². The zero-order valence-electron chi connectivity index (χ0n) is 9.57. The van der Waals surface area contributed by atoms with Crippen molar-refractivity contribution < 1.29 is 24.0 Å². The number of rotatable bonds is 6. The Morgan fingerprint density at radius 3 is 2.78 bits per heavy atom. The van der Waals surface area contributed by atoms with Crippen molar-refractivity contribution in [2.24, 2.45) is 5.73 Å². The number of likely N-dealkylation sites (tertiary alicyclic amines) is 1. The molecule has 0 aromatic rings. The SMILES string of the molecule is C=CC[S+]([O-])C[C@H](N)C(=O)[C@@H]1C(=O)CN1C(=O)O. The van der Waals surface area contributed by atoms with Crippen LogP contribution in [0.25, 0.3) is 0 Å². The molecule has 3 N–H and O–H groups in total. The van der Waals surface area contributed by atoms with Gasteiger partial charge in [0.1, 0.15) is 17.5 Å². The number of hydrogen-bond donors (Lipinski definition) is 2. The molecule has 1 aliphatic heterocycles. The maximum atomic E-state index is 11.8. The van der Waals surface area contributed by atoms with Crippen molar-refractivity contribution in [1.29, 1.82) is 0 Å². The van der Waals surface area contributed by atoms with Crippen LogP contribution in [0.2, 0.25) is 0 Å². The third-order valence-electron chi connectivity index (χ3n) is 2.49. The maximum absolute atomic E-state index is 11.8. The number of nitrogens with two attached hydrogens (primary N) is 1. The quantitative estimate of drug-likeness (QED) is 0.354. The second kappa shape index (κ2) is 5.98. The molecule has 1 unspecified atom stereocenters. The van der Waals surface area contributed by atoms with Gasteiger partial charge in [-0.15, -0.1) is 0 Å². The van der Waals surface area contributed by atoms with E-state index in [1.54, 1.807) is 0 Å². The van der Waals surface area contributed by atoms with E-state index in [0.29, 0.717) is 0 Å². The number of hydrogen-bond acceptors (Lipinski definition) is 5. The van der Waals surface area contributed by atoms with Crippen molar-refractivity contribution in [2.75, 3.05) is 18.1 Å². The molecular formula is C10H14N2O5S. The summed E-state index contributed by atoms with van der Waals surface area (Å²) in [7, 11) is 0. The summed E-state index contributed by atoms with van der Waals surface area (Å²) in [5, 5.41) is 8.73. The molecule has 0 saturated carbocycles. The summed E-state index contributed by atoms with van der Waals surface area (Å²) < 4.78 is 11.4. The molecule has 8 heteroatoms. The molecule has 18 heavy (non-hydrogen) atoms. The molecule has 1 saturated heterocycles. The first-order valence-corrected chi connectivity index (χ1v) is 6.64. The molecule has 1 heterocycles. The van der Waals surface area contributed by atoms with E-state index in [4.69, 9.17) is 10.8 Å². The van der Waals surface area contributed by atoms with Crippen LogP contribution < -0.4 is 5.73 Å². The van der Waals surface area contributed by atoms with Crippen LogP contribution in [-0.2, 0) is 20.8 Å². The number of carboxylic acid groups (broad SMARTS) is 1. The van der Waals surface area contributed by atoms with E-state index in [1.807, 2.05) is 0 Å². The van der Waals surface area contributed by atoms with E-state index >= 15 is 0 Å². The third-order valence-corrected chi connectivity index (χ3v) is 3.83. The lowest BCUT2D eigenvalue weighted by molar-refractivity contribution is -0.143. The van der Waals surface area contributed by atoms with Crippen molar-refractivity contribution in [3.8, 4) is 0 Å². The Morgan fingerprint density at radius 2 is 2.33 bits per heavy atom. The monoisotopic (exact) mass is 274 g/mol. The molecular weight excluding hydrogens is 260 g/mol. The summed E-state index contributed by atoms with van der Waals surface area (Å²) in [6.07, 6.45) is 0.0955.